The summed E-state index contributed by atoms with van der Waals surface area (Å²) in [6.07, 6.45) is 5.66. The fourth-order valence-electron chi connectivity index (χ4n) is 4.69. The summed E-state index contributed by atoms with van der Waals surface area (Å²) >= 11 is 0. The van der Waals surface area contributed by atoms with Crippen LogP contribution in [0.4, 0.5) is 0 Å². The first-order valence-corrected chi connectivity index (χ1v) is 12.5. The number of carbonyl (C=O) groups is 2. The normalized spacial score (nSPS) is 18.4. The topological polar surface area (TPSA) is 58.0 Å². The summed E-state index contributed by atoms with van der Waals surface area (Å²) in [6, 6.07) is 18.7. The number of allylic oxidation sites excluding steroid dienone is 2. The molecule has 180 valence electrons. The highest BCUT2D eigenvalue weighted by molar-refractivity contribution is 5.99. The smallest absolute Gasteiger partial charge is 0.156 e. The van der Waals surface area contributed by atoms with Crippen molar-refractivity contribution in [3.63, 3.8) is 0 Å². The lowest BCUT2D eigenvalue weighted by molar-refractivity contribution is -0.123. The summed E-state index contributed by atoms with van der Waals surface area (Å²) in [5, 5.41) is 7.90. The van der Waals surface area contributed by atoms with Crippen molar-refractivity contribution in [1.82, 2.24) is 0 Å². The van der Waals surface area contributed by atoms with Gasteiger partial charge in [-0.15, -0.1) is 0 Å². The maximum atomic E-state index is 13.0. The van der Waals surface area contributed by atoms with Gasteiger partial charge in [0.1, 0.15) is 5.78 Å². The van der Waals surface area contributed by atoms with Crippen molar-refractivity contribution in [2.75, 3.05) is 0 Å². The Morgan fingerprint density at radius 3 is 2.41 bits per heavy atom. The van der Waals surface area contributed by atoms with E-state index in [1.54, 1.807) is 6.08 Å². The zero-order valence-corrected chi connectivity index (χ0v) is 21.3. The minimum Gasteiger partial charge on any atom is -0.312 e. The lowest BCUT2D eigenvalue weighted by Gasteiger charge is -2.30. The predicted molar refractivity (Wildman–Crippen MR) is 141 cm³/mol. The monoisotopic (exact) mass is 457 g/mol. The zero-order chi connectivity index (χ0) is 24.9. The summed E-state index contributed by atoms with van der Waals surface area (Å²) < 4.78 is 0. The third kappa shape index (κ3) is 6.40. The summed E-state index contributed by atoms with van der Waals surface area (Å²) in [5.41, 5.74) is 4.45. The molecular weight excluding hydrogens is 418 g/mol. The van der Waals surface area contributed by atoms with Gasteiger partial charge in [-0.25, -0.2) is 0 Å². The first-order valence-electron chi connectivity index (χ1n) is 12.5. The van der Waals surface area contributed by atoms with E-state index in [-0.39, 0.29) is 34.7 Å². The van der Waals surface area contributed by atoms with Gasteiger partial charge >= 0.3 is 0 Å². The molecule has 0 fully saturated rings. The summed E-state index contributed by atoms with van der Waals surface area (Å²) in [7, 11) is 0. The Bertz CT molecular complexity index is 1050. The van der Waals surface area contributed by atoms with Gasteiger partial charge in [0.15, 0.2) is 5.78 Å². The largest absolute Gasteiger partial charge is 0.312 e. The van der Waals surface area contributed by atoms with Crippen LogP contribution in [0.5, 0.6) is 0 Å². The Balaban J connectivity index is 1.74. The van der Waals surface area contributed by atoms with Crippen LogP contribution in [0.1, 0.15) is 88.8 Å². The first kappa shape index (κ1) is 25.8. The van der Waals surface area contributed by atoms with Crippen LogP contribution in [0, 0.1) is 22.7 Å². The van der Waals surface area contributed by atoms with Crippen molar-refractivity contribution in [2.45, 2.75) is 72.1 Å². The van der Waals surface area contributed by atoms with Crippen molar-refractivity contribution >= 4 is 23.4 Å². The highest BCUT2D eigenvalue weighted by Crippen LogP contribution is 2.37. The van der Waals surface area contributed by atoms with E-state index in [1.807, 2.05) is 24.3 Å². The maximum Gasteiger partial charge on any atom is 0.156 e. The highest BCUT2D eigenvalue weighted by atomic mass is 16.1. The quantitative estimate of drug-likeness (QED) is 0.373. The molecule has 34 heavy (non-hydrogen) atoms. The average molecular weight is 458 g/mol. The molecule has 0 aromatic heterocycles. The van der Waals surface area contributed by atoms with Crippen LogP contribution in [0.2, 0.25) is 0 Å². The van der Waals surface area contributed by atoms with Crippen molar-refractivity contribution < 1.29 is 9.59 Å². The zero-order valence-electron chi connectivity index (χ0n) is 21.3. The van der Waals surface area contributed by atoms with E-state index in [0.717, 1.165) is 23.1 Å². The number of hydrogen-bond acceptors (Lipinski definition) is 3. The lowest BCUT2D eigenvalue weighted by atomic mass is 9.74. The number of rotatable bonds is 10. The molecule has 2 aromatic carbocycles. The van der Waals surface area contributed by atoms with Crippen molar-refractivity contribution in [2.24, 2.45) is 17.3 Å². The molecule has 1 unspecified atom stereocenters. The molecule has 0 spiro atoms. The van der Waals surface area contributed by atoms with E-state index in [1.165, 1.54) is 11.8 Å². The highest BCUT2D eigenvalue weighted by Gasteiger charge is 2.30. The van der Waals surface area contributed by atoms with Gasteiger partial charge in [0.25, 0.3) is 0 Å². The van der Waals surface area contributed by atoms with E-state index in [9.17, 15) is 9.59 Å². The van der Waals surface area contributed by atoms with Gasteiger partial charge in [-0.3, -0.25) is 9.59 Å². The summed E-state index contributed by atoms with van der Waals surface area (Å²) in [6.45, 7) is 10.7. The molecule has 1 N–H and O–H groups in total. The van der Waals surface area contributed by atoms with Gasteiger partial charge in [-0.1, -0.05) is 89.2 Å². The molecule has 0 bridgehead atoms. The Morgan fingerprint density at radius 2 is 1.76 bits per heavy atom. The van der Waals surface area contributed by atoms with Crippen LogP contribution in [0.25, 0.3) is 5.57 Å². The number of ketones is 2. The molecule has 3 nitrogen and oxygen atoms in total. The standard InChI is InChI=1S/C31H39NO2/c1-21(2)31(4,5)19-30(34)28(20-32)14-22(3)24-12-9-13-25(15-24)27-16-26(17-29(33)18-27)23-10-7-6-8-11-23/h6-13,15,18,20-22,26,28,32H,14,16-17,19H2,1-5H3/t22-,26-,28?/m0/s1. The van der Waals surface area contributed by atoms with Gasteiger partial charge in [0.2, 0.25) is 0 Å². The molecule has 3 heteroatoms. The van der Waals surface area contributed by atoms with Crippen molar-refractivity contribution in [3.05, 3.63) is 77.4 Å². The molecule has 3 atom stereocenters. The van der Waals surface area contributed by atoms with Crippen LogP contribution in [0.3, 0.4) is 0 Å². The van der Waals surface area contributed by atoms with Gasteiger partial charge in [-0.05, 0) is 64.3 Å². The molecule has 0 amide bonds. The Morgan fingerprint density at radius 1 is 1.06 bits per heavy atom. The Kier molecular flexibility index (Phi) is 8.41. The third-order valence-electron chi connectivity index (χ3n) is 7.76. The molecule has 0 saturated heterocycles. The van der Waals surface area contributed by atoms with Gasteiger partial charge in [0, 0.05) is 19.1 Å². The SMILES string of the molecule is CC(C)C(C)(C)CC(=O)C(C=N)C[C@H](C)c1cccc(C2=CC(=O)C[C@@H](c3ccccc3)C2)c1. The second-order valence-electron chi connectivity index (χ2n) is 11.0. The van der Waals surface area contributed by atoms with E-state index < -0.39 is 0 Å². The van der Waals surface area contributed by atoms with Crippen LogP contribution in [-0.2, 0) is 9.59 Å². The summed E-state index contributed by atoms with van der Waals surface area (Å²) in [4.78, 5) is 25.5. The third-order valence-corrected chi connectivity index (χ3v) is 7.76. The molecule has 3 rings (SSSR count). The molecule has 0 aliphatic heterocycles. The Hall–Kier alpha value is -2.81. The minimum atomic E-state index is -0.366. The number of nitrogens with one attached hydrogen (secondary N) is 1. The van der Waals surface area contributed by atoms with Crippen LogP contribution in [0.15, 0.2) is 60.7 Å². The van der Waals surface area contributed by atoms with Gasteiger partial charge in [-0.2, -0.15) is 0 Å². The lowest BCUT2D eigenvalue weighted by Crippen LogP contribution is -2.28. The molecule has 1 aliphatic carbocycles. The Labute approximate surface area is 205 Å². The van der Waals surface area contributed by atoms with Crippen LogP contribution in [-0.4, -0.2) is 17.8 Å². The molecule has 2 aromatic rings. The fraction of sp³-hybridized carbons (Fsp3) is 0.452. The second kappa shape index (κ2) is 11.1. The van der Waals surface area contributed by atoms with E-state index in [4.69, 9.17) is 5.41 Å². The van der Waals surface area contributed by atoms with Crippen molar-refractivity contribution in [3.8, 4) is 0 Å². The predicted octanol–water partition coefficient (Wildman–Crippen LogP) is 7.62. The molecular formula is C31H39NO2. The van der Waals surface area contributed by atoms with Gasteiger partial charge < -0.3 is 5.41 Å². The molecule has 0 saturated carbocycles. The first-order chi connectivity index (χ1) is 16.1. The molecule has 1 aliphatic rings. The van der Waals surface area contributed by atoms with E-state index >= 15 is 0 Å². The average Bonchev–Trinajstić information content (AvgIpc) is 2.82. The fourth-order valence-corrected chi connectivity index (χ4v) is 4.69. The van der Waals surface area contributed by atoms with E-state index in [2.05, 4.69) is 65.0 Å². The van der Waals surface area contributed by atoms with E-state index in [0.29, 0.717) is 25.2 Å². The van der Waals surface area contributed by atoms with Crippen LogP contribution >= 0.6 is 0 Å². The number of benzene rings is 2. The number of hydrogen-bond donors (Lipinski definition) is 1. The minimum absolute atomic E-state index is 0.0726. The van der Waals surface area contributed by atoms with Gasteiger partial charge in [0.05, 0.1) is 5.92 Å². The maximum absolute atomic E-state index is 13.0. The number of carbonyl (C=O) groups excluding carboxylic acids is 2. The molecule has 0 heterocycles. The van der Waals surface area contributed by atoms with Crippen LogP contribution < -0.4 is 0 Å². The summed E-state index contributed by atoms with van der Waals surface area (Å²) in [5.74, 6) is 0.720. The van der Waals surface area contributed by atoms with Crippen molar-refractivity contribution in [1.29, 1.82) is 5.41 Å². The second-order valence-corrected chi connectivity index (χ2v) is 11.0. The number of Topliss-reactive ketones (excluding diaryl/α,β-unsaturated/α-hetero) is 1. The molecule has 0 radical (unpaired) electrons.